The van der Waals surface area contributed by atoms with Gasteiger partial charge in [-0.3, -0.25) is 19.2 Å². The first kappa shape index (κ1) is 73.9. The second kappa shape index (κ2) is 34.6. The summed E-state index contributed by atoms with van der Waals surface area (Å²) in [4.78, 5) is 118. The van der Waals surface area contributed by atoms with E-state index in [9.17, 15) is 47.9 Å². The Morgan fingerprint density at radius 2 is 0.882 bits per heavy atom. The van der Waals surface area contributed by atoms with Gasteiger partial charge in [0.1, 0.15) is 59.1 Å². The zero-order valence-corrected chi connectivity index (χ0v) is 54.8. The van der Waals surface area contributed by atoms with Crippen LogP contribution in [0.1, 0.15) is 118 Å². The number of aryl methyl sites for hydroxylation is 1. The maximum Gasteiger partial charge on any atom is 0.349 e. The molecule has 4 aromatic carbocycles. The zero-order valence-electron chi connectivity index (χ0n) is 54.8. The molecule has 0 aliphatic heterocycles. The molecule has 0 aliphatic rings. The van der Waals surface area contributed by atoms with Crippen LogP contribution in [0.25, 0.3) is 32.9 Å². The van der Waals surface area contributed by atoms with Crippen LogP contribution >= 0.6 is 0 Å². The lowest BCUT2D eigenvalue weighted by atomic mass is 9.77. The molecule has 0 aliphatic carbocycles. The average molecular weight is 1290 g/mol. The number of benzene rings is 4. The lowest BCUT2D eigenvalue weighted by Gasteiger charge is -2.28. The number of carbonyl (C=O) groups excluding carboxylic acids is 7. The summed E-state index contributed by atoms with van der Waals surface area (Å²) in [7, 11) is 4.07. The topological polar surface area (TPSA) is 302 Å². The van der Waals surface area contributed by atoms with Crippen molar-refractivity contribution in [2.45, 2.75) is 120 Å². The van der Waals surface area contributed by atoms with Gasteiger partial charge in [-0.25, -0.2) is 28.8 Å². The van der Waals surface area contributed by atoms with Crippen LogP contribution in [0.2, 0.25) is 0 Å². The Balaban J connectivity index is 0.000000255. The van der Waals surface area contributed by atoms with E-state index in [1.807, 2.05) is 39.8 Å². The largest absolute Gasteiger partial charge is 0.482 e. The predicted octanol–water partition coefficient (Wildman–Crippen LogP) is 11.1. The summed E-state index contributed by atoms with van der Waals surface area (Å²) in [5.41, 5.74) is -0.469. The highest BCUT2D eigenvalue weighted by Gasteiger charge is 2.38. The number of carbonyl (C=O) groups is 7. The lowest BCUT2D eigenvalue weighted by molar-refractivity contribution is -0.160. The van der Waals surface area contributed by atoms with Crippen LogP contribution in [0, 0.1) is 29.1 Å². The number of hydrogen-bond donors (Lipinski definition) is 0. The van der Waals surface area contributed by atoms with E-state index in [2.05, 4.69) is 6.92 Å². The smallest absolute Gasteiger partial charge is 0.349 e. The van der Waals surface area contributed by atoms with Crippen LogP contribution in [-0.4, -0.2) is 102 Å². The molecule has 3 heterocycles. The molecule has 0 bridgehead atoms. The molecule has 93 heavy (non-hydrogen) atoms. The summed E-state index contributed by atoms with van der Waals surface area (Å²) in [6, 6.07) is 29.4. The summed E-state index contributed by atoms with van der Waals surface area (Å²) >= 11 is 0. The molecule has 23 nitrogen and oxygen atoms in total. The van der Waals surface area contributed by atoms with Crippen LogP contribution in [0.4, 0.5) is 0 Å². The van der Waals surface area contributed by atoms with Gasteiger partial charge in [-0.2, -0.15) is 0 Å². The summed E-state index contributed by atoms with van der Waals surface area (Å²) in [6.07, 6.45) is 2.62. The van der Waals surface area contributed by atoms with Crippen LogP contribution < -0.4 is 35.8 Å². The van der Waals surface area contributed by atoms with Crippen molar-refractivity contribution in [3.8, 4) is 23.0 Å². The van der Waals surface area contributed by atoms with E-state index in [0.717, 1.165) is 5.56 Å². The molecule has 7 aromatic rings. The van der Waals surface area contributed by atoms with Crippen molar-refractivity contribution >= 4 is 74.7 Å². The SMILES string of the molecule is CCC(C)(CC(C)C(=O)OCCOC(=O)COc1ccc2oc(=O)ccc2c1)C(=O)OC.CCC(C)(CC(C)OC(=O)COc1ccc2oc(=O)ccc2c1)C(=O)OC.CCC(C)(CC(C)c1ccc(OC(=O)COc2ccc3oc(=O)c(C)cc3c2)cc1)C(=O)OC. The molecule has 0 amide bonds. The molecular formula is C70H82O23. The van der Waals surface area contributed by atoms with Gasteiger partial charge in [0, 0.05) is 33.9 Å². The average Bonchev–Trinajstić information content (AvgIpc) is 1.66. The molecule has 3 aromatic heterocycles. The predicted molar refractivity (Wildman–Crippen MR) is 341 cm³/mol. The Morgan fingerprint density at radius 3 is 1.37 bits per heavy atom. The van der Waals surface area contributed by atoms with Gasteiger partial charge in [0.2, 0.25) is 0 Å². The van der Waals surface area contributed by atoms with Crippen molar-refractivity contribution in [2.24, 2.45) is 22.2 Å². The van der Waals surface area contributed by atoms with Gasteiger partial charge in [-0.1, -0.05) is 46.8 Å². The second-order valence-corrected chi connectivity index (χ2v) is 23.1. The van der Waals surface area contributed by atoms with Crippen molar-refractivity contribution in [1.82, 2.24) is 0 Å². The van der Waals surface area contributed by atoms with Gasteiger partial charge in [-0.15, -0.1) is 0 Å². The minimum atomic E-state index is -0.773. The number of rotatable bonds is 28. The summed E-state index contributed by atoms with van der Waals surface area (Å²) in [5.74, 6) is -1.75. The van der Waals surface area contributed by atoms with Crippen LogP contribution in [0.15, 0.2) is 137 Å². The highest BCUT2D eigenvalue weighted by Crippen LogP contribution is 2.37. The van der Waals surface area contributed by atoms with Gasteiger partial charge < -0.3 is 60.6 Å². The summed E-state index contributed by atoms with van der Waals surface area (Å²) in [5, 5.41) is 2.05. The monoisotopic (exact) mass is 1290 g/mol. The van der Waals surface area contributed by atoms with Crippen molar-refractivity contribution in [3.05, 3.63) is 152 Å². The fourth-order valence-electron chi connectivity index (χ4n) is 9.85. The first-order chi connectivity index (χ1) is 44.1. The van der Waals surface area contributed by atoms with E-state index in [-0.39, 0.29) is 68.9 Å². The normalized spacial score (nSPS) is 13.8. The molecule has 0 saturated carbocycles. The van der Waals surface area contributed by atoms with Gasteiger partial charge in [0.05, 0.1) is 43.5 Å². The maximum atomic E-state index is 12.2. The highest BCUT2D eigenvalue weighted by atomic mass is 16.6. The minimum absolute atomic E-state index is 0.106. The zero-order chi connectivity index (χ0) is 68.6. The first-order valence-corrected chi connectivity index (χ1v) is 30.2. The van der Waals surface area contributed by atoms with E-state index in [0.29, 0.717) is 93.6 Å². The fraction of sp³-hybridized carbons (Fsp3) is 0.429. The first-order valence-electron chi connectivity index (χ1n) is 30.2. The molecule has 500 valence electrons. The molecule has 0 radical (unpaired) electrons. The summed E-state index contributed by atoms with van der Waals surface area (Å²) in [6.45, 7) is 17.2. The molecule has 0 N–H and O–H groups in total. The number of methoxy groups -OCH3 is 3. The summed E-state index contributed by atoms with van der Waals surface area (Å²) < 4.78 is 67.1. The van der Waals surface area contributed by atoms with E-state index in [4.69, 9.17) is 60.6 Å². The van der Waals surface area contributed by atoms with Crippen molar-refractivity contribution < 1.29 is 94.2 Å². The van der Waals surface area contributed by atoms with Gasteiger partial charge in [0.25, 0.3) is 0 Å². The lowest BCUT2D eigenvalue weighted by Crippen LogP contribution is -2.34. The quantitative estimate of drug-likeness (QED) is 0.0145. The molecule has 6 unspecified atom stereocenters. The van der Waals surface area contributed by atoms with Crippen LogP contribution in [-0.2, 0) is 62.0 Å². The standard InChI is InChI=1S/C27H30O7.C23H28O9.C20H24O7/c1-6-27(4,26(30)31-5)15-18(3)19-7-9-21(10-8-19)33-24(28)16-32-22-11-12-23-20(14-22)13-17(2)25(29)34-23;1-5-23(3,22(27)28-4)13-15(2)21(26)30-11-10-29-20(25)14-31-17-7-8-18-16(12-17)6-9-19(24)32-18;1-5-20(3,19(23)24-4)11-13(2)26-18(22)12-25-15-7-8-16-14(10-15)6-9-17(21)27-16/h7-14,18H,6,15-16H2,1-5H3;6-9,12,15H,5,10-11,13-14H2,1-4H3;6-10,13H,5,11-12H2,1-4H3. The van der Waals surface area contributed by atoms with Gasteiger partial charge >= 0.3 is 58.7 Å². The molecule has 0 spiro atoms. The maximum absolute atomic E-state index is 12.2. The number of fused-ring (bicyclic) bond motifs is 3. The third-order valence-corrected chi connectivity index (χ3v) is 15.8. The van der Waals surface area contributed by atoms with Gasteiger partial charge in [0.15, 0.2) is 19.8 Å². The highest BCUT2D eigenvalue weighted by molar-refractivity contribution is 5.82. The number of hydrogen-bond acceptors (Lipinski definition) is 23. The molecular weight excluding hydrogens is 1210 g/mol. The van der Waals surface area contributed by atoms with E-state index in [1.165, 1.54) is 33.5 Å². The number of ether oxygens (including phenoxy) is 10. The Morgan fingerprint density at radius 1 is 0.462 bits per heavy atom. The van der Waals surface area contributed by atoms with E-state index in [1.54, 1.807) is 120 Å². The minimum Gasteiger partial charge on any atom is -0.482 e. The molecule has 0 fully saturated rings. The molecule has 0 saturated heterocycles. The second-order valence-electron chi connectivity index (χ2n) is 23.1. The van der Waals surface area contributed by atoms with Gasteiger partial charge in [-0.05, 0) is 170 Å². The van der Waals surface area contributed by atoms with E-state index < -0.39 is 63.4 Å². The fourth-order valence-corrected chi connectivity index (χ4v) is 9.85. The Bertz CT molecular complexity index is 3900. The Kier molecular flexibility index (Phi) is 27.5. The molecule has 7 rings (SSSR count). The van der Waals surface area contributed by atoms with Crippen molar-refractivity contribution in [2.75, 3.05) is 54.4 Å². The van der Waals surface area contributed by atoms with Crippen molar-refractivity contribution in [1.29, 1.82) is 0 Å². The van der Waals surface area contributed by atoms with E-state index >= 15 is 0 Å². The van der Waals surface area contributed by atoms with Crippen LogP contribution in [0.3, 0.4) is 0 Å². The molecule has 6 atom stereocenters. The number of esters is 7. The molecule has 23 heteroatoms. The van der Waals surface area contributed by atoms with Crippen molar-refractivity contribution in [3.63, 3.8) is 0 Å². The Labute approximate surface area is 537 Å². The van der Waals surface area contributed by atoms with Crippen LogP contribution in [0.5, 0.6) is 23.0 Å². The third-order valence-electron chi connectivity index (χ3n) is 15.8. The third kappa shape index (κ3) is 22.0. The Hall–Kier alpha value is -9.80.